The van der Waals surface area contributed by atoms with E-state index in [-0.39, 0.29) is 12.5 Å². The maximum atomic E-state index is 14.6. The van der Waals surface area contributed by atoms with Gasteiger partial charge in [-0.15, -0.1) is 5.10 Å². The molecule has 1 aliphatic heterocycles. The Bertz CT molecular complexity index is 1240. The highest BCUT2D eigenvalue weighted by atomic mass is 19.3. The average molecular weight is 428 g/mol. The Hall–Kier alpha value is -3.34. The lowest BCUT2D eigenvalue weighted by atomic mass is 10.0. The molecule has 1 aliphatic rings. The SMILES string of the molecule is CCN1CCC(Nc2nc(OC)c3c(-c4ccc5ncnn5c4)ccn3n2)C(F)(F)C1. The van der Waals surface area contributed by atoms with Crippen LogP contribution in [0.5, 0.6) is 5.88 Å². The van der Waals surface area contributed by atoms with E-state index >= 15 is 0 Å². The molecule has 1 unspecified atom stereocenters. The lowest BCUT2D eigenvalue weighted by molar-refractivity contribution is -0.0726. The molecule has 0 aliphatic carbocycles. The molecule has 5 rings (SSSR count). The van der Waals surface area contributed by atoms with Gasteiger partial charge in [0.15, 0.2) is 5.65 Å². The van der Waals surface area contributed by atoms with Crippen molar-refractivity contribution in [1.82, 2.24) is 34.1 Å². The van der Waals surface area contributed by atoms with Gasteiger partial charge in [-0.1, -0.05) is 6.92 Å². The van der Waals surface area contributed by atoms with Crippen molar-refractivity contribution in [2.75, 3.05) is 32.1 Å². The van der Waals surface area contributed by atoms with Crippen LogP contribution >= 0.6 is 0 Å². The number of piperidine rings is 1. The maximum Gasteiger partial charge on any atom is 0.280 e. The number of aromatic nitrogens is 6. The van der Waals surface area contributed by atoms with E-state index < -0.39 is 12.0 Å². The first-order valence-electron chi connectivity index (χ1n) is 10.1. The average Bonchev–Trinajstić information content (AvgIpc) is 3.40. The van der Waals surface area contributed by atoms with Gasteiger partial charge in [0.2, 0.25) is 11.8 Å². The van der Waals surface area contributed by atoms with Gasteiger partial charge < -0.3 is 10.1 Å². The van der Waals surface area contributed by atoms with Crippen molar-refractivity contribution in [2.24, 2.45) is 0 Å². The molecular weight excluding hydrogens is 406 g/mol. The third-order valence-corrected chi connectivity index (χ3v) is 5.69. The summed E-state index contributed by atoms with van der Waals surface area (Å²) in [5, 5.41) is 11.4. The third kappa shape index (κ3) is 3.44. The number of methoxy groups -OCH3 is 1. The van der Waals surface area contributed by atoms with Crippen LogP contribution in [-0.4, -0.2) is 72.8 Å². The van der Waals surface area contributed by atoms with Crippen LogP contribution in [0.1, 0.15) is 13.3 Å². The minimum absolute atomic E-state index is 0.104. The number of alkyl halides is 2. The number of nitrogens with zero attached hydrogens (tertiary/aromatic N) is 7. The van der Waals surface area contributed by atoms with Gasteiger partial charge >= 0.3 is 0 Å². The molecule has 31 heavy (non-hydrogen) atoms. The second-order valence-corrected chi connectivity index (χ2v) is 7.56. The van der Waals surface area contributed by atoms with E-state index in [4.69, 9.17) is 4.74 Å². The number of nitrogens with one attached hydrogen (secondary N) is 1. The summed E-state index contributed by atoms with van der Waals surface area (Å²) in [6.07, 6.45) is 5.40. The molecule has 5 heterocycles. The Morgan fingerprint density at radius 1 is 1.26 bits per heavy atom. The van der Waals surface area contributed by atoms with Gasteiger partial charge in [-0.05, 0) is 31.2 Å². The predicted octanol–water partition coefficient (Wildman–Crippen LogP) is 2.59. The summed E-state index contributed by atoms with van der Waals surface area (Å²) in [6, 6.07) is 4.62. The fourth-order valence-electron chi connectivity index (χ4n) is 4.02. The summed E-state index contributed by atoms with van der Waals surface area (Å²) in [7, 11) is 1.50. The summed E-state index contributed by atoms with van der Waals surface area (Å²) in [6.45, 7) is 2.81. The van der Waals surface area contributed by atoms with E-state index in [1.807, 2.05) is 31.3 Å². The second kappa shape index (κ2) is 7.41. The fourth-order valence-corrected chi connectivity index (χ4v) is 4.02. The number of ether oxygens (including phenoxy) is 1. The van der Waals surface area contributed by atoms with Crippen LogP contribution in [0, 0.1) is 0 Å². The number of hydrogen-bond acceptors (Lipinski definition) is 7. The molecule has 0 bridgehead atoms. The van der Waals surface area contributed by atoms with Crippen molar-refractivity contribution in [2.45, 2.75) is 25.3 Å². The minimum atomic E-state index is -2.88. The molecule has 162 valence electrons. The Labute approximate surface area is 176 Å². The highest BCUT2D eigenvalue weighted by Gasteiger charge is 2.44. The number of rotatable bonds is 5. The van der Waals surface area contributed by atoms with Crippen LogP contribution < -0.4 is 10.1 Å². The van der Waals surface area contributed by atoms with Crippen LogP contribution in [0.3, 0.4) is 0 Å². The summed E-state index contributed by atoms with van der Waals surface area (Å²) < 4.78 is 38.0. The monoisotopic (exact) mass is 428 g/mol. The fraction of sp³-hybridized carbons (Fsp3) is 0.400. The largest absolute Gasteiger partial charge is 0.479 e. The van der Waals surface area contributed by atoms with Gasteiger partial charge in [-0.2, -0.15) is 10.1 Å². The number of halogens is 2. The van der Waals surface area contributed by atoms with Crippen molar-refractivity contribution in [1.29, 1.82) is 0 Å². The zero-order chi connectivity index (χ0) is 21.6. The topological polar surface area (TPSA) is 84.9 Å². The molecule has 1 saturated heterocycles. The van der Waals surface area contributed by atoms with Gasteiger partial charge in [0, 0.05) is 30.1 Å². The Morgan fingerprint density at radius 3 is 2.90 bits per heavy atom. The molecule has 1 N–H and O–H groups in total. The number of pyridine rings is 1. The van der Waals surface area contributed by atoms with Crippen LogP contribution in [0.15, 0.2) is 36.9 Å². The van der Waals surface area contributed by atoms with Crippen molar-refractivity contribution in [3.05, 3.63) is 36.9 Å². The van der Waals surface area contributed by atoms with Crippen LogP contribution in [0.4, 0.5) is 14.7 Å². The van der Waals surface area contributed by atoms with Gasteiger partial charge in [0.25, 0.3) is 5.92 Å². The Morgan fingerprint density at radius 2 is 2.13 bits per heavy atom. The molecule has 0 aromatic carbocycles. The highest BCUT2D eigenvalue weighted by molar-refractivity contribution is 5.84. The lowest BCUT2D eigenvalue weighted by Gasteiger charge is -2.38. The smallest absolute Gasteiger partial charge is 0.280 e. The lowest BCUT2D eigenvalue weighted by Crippen LogP contribution is -2.54. The van der Waals surface area contributed by atoms with Crippen molar-refractivity contribution in [3.8, 4) is 17.0 Å². The molecule has 1 atom stereocenters. The summed E-state index contributed by atoms with van der Waals surface area (Å²) in [4.78, 5) is 10.3. The molecule has 0 spiro atoms. The Kier molecular flexibility index (Phi) is 4.69. The summed E-state index contributed by atoms with van der Waals surface area (Å²) >= 11 is 0. The van der Waals surface area contributed by atoms with Crippen LogP contribution in [0.2, 0.25) is 0 Å². The van der Waals surface area contributed by atoms with Gasteiger partial charge in [0.1, 0.15) is 11.8 Å². The molecule has 1 fully saturated rings. The van der Waals surface area contributed by atoms with Gasteiger partial charge in [-0.3, -0.25) is 4.90 Å². The van der Waals surface area contributed by atoms with E-state index in [1.54, 1.807) is 20.1 Å². The Balaban J connectivity index is 1.50. The first-order valence-corrected chi connectivity index (χ1v) is 10.1. The first kappa shape index (κ1) is 19.6. The normalized spacial score (nSPS) is 19.2. The molecule has 4 aromatic heterocycles. The number of hydrogen-bond donors (Lipinski definition) is 1. The van der Waals surface area contributed by atoms with Crippen molar-refractivity contribution in [3.63, 3.8) is 0 Å². The minimum Gasteiger partial charge on any atom is -0.479 e. The molecule has 0 radical (unpaired) electrons. The van der Waals surface area contributed by atoms with E-state index in [0.717, 1.165) is 16.8 Å². The summed E-state index contributed by atoms with van der Waals surface area (Å²) in [5.74, 6) is -2.48. The second-order valence-electron chi connectivity index (χ2n) is 7.56. The zero-order valence-corrected chi connectivity index (χ0v) is 17.2. The zero-order valence-electron chi connectivity index (χ0n) is 17.2. The molecule has 9 nitrogen and oxygen atoms in total. The molecular formula is C20H22F2N8O. The van der Waals surface area contributed by atoms with E-state index in [2.05, 4.69) is 25.5 Å². The van der Waals surface area contributed by atoms with Gasteiger partial charge in [-0.25, -0.2) is 22.8 Å². The van der Waals surface area contributed by atoms with Crippen molar-refractivity contribution < 1.29 is 13.5 Å². The number of anilines is 1. The molecule has 0 saturated carbocycles. The number of fused-ring (bicyclic) bond motifs is 2. The van der Waals surface area contributed by atoms with E-state index in [9.17, 15) is 8.78 Å². The van der Waals surface area contributed by atoms with E-state index in [1.165, 1.54) is 13.4 Å². The molecule has 4 aromatic rings. The molecule has 0 amide bonds. The van der Waals surface area contributed by atoms with E-state index in [0.29, 0.717) is 30.9 Å². The quantitative estimate of drug-likeness (QED) is 0.523. The molecule has 11 heteroatoms. The van der Waals surface area contributed by atoms with Crippen LogP contribution in [-0.2, 0) is 0 Å². The predicted molar refractivity (Wildman–Crippen MR) is 111 cm³/mol. The maximum absolute atomic E-state index is 14.6. The standard InChI is InChI=1S/C20H22F2N8O/c1-3-28-8-7-15(20(21,22)11-28)25-19-26-18(31-2)17-14(6-9-29(17)27-19)13-4-5-16-23-12-24-30(16)10-13/h4-6,9-10,12,15H,3,7-8,11H2,1-2H3,(H,25,27). The van der Waals surface area contributed by atoms with Crippen LogP contribution in [0.25, 0.3) is 22.3 Å². The summed E-state index contributed by atoms with van der Waals surface area (Å²) in [5.41, 5.74) is 3.08. The van der Waals surface area contributed by atoms with Crippen molar-refractivity contribution >= 4 is 17.1 Å². The van der Waals surface area contributed by atoms with Gasteiger partial charge in [0.05, 0.1) is 19.7 Å². The highest BCUT2D eigenvalue weighted by Crippen LogP contribution is 2.33. The third-order valence-electron chi connectivity index (χ3n) is 5.69. The first-order chi connectivity index (χ1) is 15.0. The number of likely N-dealkylation sites (tertiary alicyclic amines) is 1.